The number of nitrogens with zero attached hydrogens (tertiary/aromatic N) is 2. The first-order valence-corrected chi connectivity index (χ1v) is 9.21. The van der Waals surface area contributed by atoms with Crippen LogP contribution in [-0.4, -0.2) is 22.2 Å². The Bertz CT molecular complexity index is 881. The molecule has 0 bridgehead atoms. The van der Waals surface area contributed by atoms with Gasteiger partial charge in [0.1, 0.15) is 12.4 Å². The number of rotatable bonds is 7. The van der Waals surface area contributed by atoms with E-state index < -0.39 is 0 Å². The maximum Gasteiger partial charge on any atom is 0.251 e. The average Bonchev–Trinajstić information content (AvgIpc) is 3.06. The highest BCUT2D eigenvalue weighted by Crippen LogP contribution is 2.17. The molecule has 0 atom stereocenters. The molecule has 1 N–H and O–H groups in total. The molecule has 0 spiro atoms. The summed E-state index contributed by atoms with van der Waals surface area (Å²) in [5.74, 6) is 0.648. The van der Waals surface area contributed by atoms with Gasteiger partial charge in [0.2, 0.25) is 0 Å². The molecule has 26 heavy (non-hydrogen) atoms. The molecule has 0 aliphatic rings. The molecule has 3 aromatic rings. The lowest BCUT2D eigenvalue weighted by Crippen LogP contribution is -2.27. The molecule has 0 saturated heterocycles. The number of carbonyl (C=O) groups excluding carboxylic acids is 1. The summed E-state index contributed by atoms with van der Waals surface area (Å²) in [7, 11) is 0. The van der Waals surface area contributed by atoms with E-state index in [9.17, 15) is 4.79 Å². The Balaban J connectivity index is 1.52. The summed E-state index contributed by atoms with van der Waals surface area (Å²) in [4.78, 5) is 12.3. The second-order valence-corrected chi connectivity index (χ2v) is 6.97. The van der Waals surface area contributed by atoms with Crippen LogP contribution in [0.5, 0.6) is 5.75 Å². The fraction of sp³-hybridized carbons (Fsp3) is 0.158. The smallest absolute Gasteiger partial charge is 0.251 e. The van der Waals surface area contributed by atoms with E-state index in [0.717, 1.165) is 15.8 Å². The monoisotopic (exact) mass is 433 g/mol. The number of nitrogens with one attached hydrogen (secondary N) is 1. The van der Waals surface area contributed by atoms with Crippen molar-refractivity contribution in [3.8, 4) is 5.75 Å². The van der Waals surface area contributed by atoms with Crippen molar-refractivity contribution in [1.29, 1.82) is 0 Å². The lowest BCUT2D eigenvalue weighted by Gasteiger charge is -2.09. The Labute approximate surface area is 165 Å². The number of hydrogen-bond donors (Lipinski definition) is 1. The van der Waals surface area contributed by atoms with Gasteiger partial charge in [-0.2, -0.15) is 5.10 Å². The maximum absolute atomic E-state index is 12.3. The number of ether oxygens (including phenoxy) is 1. The third-order valence-corrected chi connectivity index (χ3v) is 4.36. The minimum Gasteiger partial charge on any atom is -0.489 e. The molecule has 2 aromatic carbocycles. The van der Waals surface area contributed by atoms with Crippen LogP contribution >= 0.6 is 27.5 Å². The average molecular weight is 435 g/mol. The normalized spacial score (nSPS) is 10.5. The van der Waals surface area contributed by atoms with Gasteiger partial charge >= 0.3 is 0 Å². The topological polar surface area (TPSA) is 56.2 Å². The van der Waals surface area contributed by atoms with Crippen LogP contribution in [0.4, 0.5) is 0 Å². The van der Waals surface area contributed by atoms with E-state index in [4.69, 9.17) is 16.3 Å². The van der Waals surface area contributed by atoms with Crippen molar-refractivity contribution in [3.05, 3.63) is 81.5 Å². The highest BCUT2D eigenvalue weighted by molar-refractivity contribution is 9.10. The van der Waals surface area contributed by atoms with E-state index >= 15 is 0 Å². The first-order valence-electron chi connectivity index (χ1n) is 8.03. The largest absolute Gasteiger partial charge is 0.489 e. The van der Waals surface area contributed by atoms with Crippen molar-refractivity contribution in [2.24, 2.45) is 0 Å². The van der Waals surface area contributed by atoms with Crippen molar-refractivity contribution in [2.45, 2.75) is 13.2 Å². The van der Waals surface area contributed by atoms with Gasteiger partial charge in [-0.3, -0.25) is 9.48 Å². The Kier molecular flexibility index (Phi) is 6.30. The lowest BCUT2D eigenvalue weighted by molar-refractivity contribution is 0.0951. The molecule has 0 aliphatic heterocycles. The fourth-order valence-corrected chi connectivity index (χ4v) is 2.77. The van der Waals surface area contributed by atoms with Gasteiger partial charge in [-0.1, -0.05) is 39.7 Å². The van der Waals surface area contributed by atoms with Gasteiger partial charge in [-0.05, 0) is 42.0 Å². The molecule has 134 valence electrons. The minimum absolute atomic E-state index is 0.131. The summed E-state index contributed by atoms with van der Waals surface area (Å²) in [5, 5.41) is 7.53. The summed E-state index contributed by atoms with van der Waals surface area (Å²) < 4.78 is 8.43. The van der Waals surface area contributed by atoms with Crippen LogP contribution in [-0.2, 0) is 13.2 Å². The first-order chi connectivity index (χ1) is 12.6. The van der Waals surface area contributed by atoms with Crippen LogP contribution in [0.1, 0.15) is 15.9 Å². The zero-order chi connectivity index (χ0) is 18.4. The molecular weight excluding hydrogens is 418 g/mol. The summed E-state index contributed by atoms with van der Waals surface area (Å²) in [6.07, 6.45) is 3.28. The molecule has 1 amide bonds. The molecule has 0 radical (unpaired) electrons. The summed E-state index contributed by atoms with van der Waals surface area (Å²) in [6.45, 7) is 1.43. The van der Waals surface area contributed by atoms with Gasteiger partial charge in [-0.15, -0.1) is 0 Å². The van der Waals surface area contributed by atoms with Crippen molar-refractivity contribution in [1.82, 2.24) is 15.1 Å². The number of benzene rings is 2. The zero-order valence-electron chi connectivity index (χ0n) is 13.9. The number of aromatic nitrogens is 2. The quantitative estimate of drug-likeness (QED) is 0.603. The van der Waals surface area contributed by atoms with E-state index in [0.29, 0.717) is 30.3 Å². The predicted octanol–water partition coefficient (Wildman–Crippen LogP) is 4.31. The summed E-state index contributed by atoms with van der Waals surface area (Å²) in [5.41, 5.74) is 1.53. The van der Waals surface area contributed by atoms with E-state index in [-0.39, 0.29) is 5.91 Å². The van der Waals surface area contributed by atoms with Crippen LogP contribution in [0, 0.1) is 0 Å². The molecule has 0 saturated carbocycles. The number of carbonyl (C=O) groups is 1. The van der Waals surface area contributed by atoms with Crippen LogP contribution in [0.25, 0.3) is 0 Å². The van der Waals surface area contributed by atoms with Gasteiger partial charge in [0.25, 0.3) is 5.91 Å². The Morgan fingerprint density at radius 1 is 1.23 bits per heavy atom. The van der Waals surface area contributed by atoms with E-state index in [2.05, 4.69) is 26.3 Å². The SMILES string of the molecule is O=C(NCCn1cc(Cl)cn1)c1cccc(COc2ccc(Br)cc2)c1. The van der Waals surface area contributed by atoms with E-state index in [1.54, 1.807) is 23.1 Å². The molecule has 3 rings (SSSR count). The molecule has 1 aromatic heterocycles. The zero-order valence-corrected chi connectivity index (χ0v) is 16.2. The third kappa shape index (κ3) is 5.34. The van der Waals surface area contributed by atoms with Gasteiger partial charge in [0.15, 0.2) is 0 Å². The Morgan fingerprint density at radius 3 is 2.77 bits per heavy atom. The van der Waals surface area contributed by atoms with Crippen molar-refractivity contribution in [3.63, 3.8) is 0 Å². The third-order valence-electron chi connectivity index (χ3n) is 3.64. The van der Waals surface area contributed by atoms with Crippen molar-refractivity contribution >= 4 is 33.4 Å². The van der Waals surface area contributed by atoms with Crippen molar-refractivity contribution in [2.75, 3.05) is 6.54 Å². The molecule has 5 nitrogen and oxygen atoms in total. The van der Waals surface area contributed by atoms with Crippen LogP contribution in [0.2, 0.25) is 5.02 Å². The van der Waals surface area contributed by atoms with E-state index in [1.807, 2.05) is 42.5 Å². The minimum atomic E-state index is -0.131. The number of halogens is 2. The fourth-order valence-electron chi connectivity index (χ4n) is 2.35. The number of amides is 1. The summed E-state index contributed by atoms with van der Waals surface area (Å²) >= 11 is 9.20. The molecule has 7 heteroatoms. The van der Waals surface area contributed by atoms with Crippen LogP contribution in [0.15, 0.2) is 65.4 Å². The highest BCUT2D eigenvalue weighted by Gasteiger charge is 2.06. The van der Waals surface area contributed by atoms with Gasteiger partial charge in [0.05, 0.1) is 17.8 Å². The predicted molar refractivity (Wildman–Crippen MR) is 104 cm³/mol. The van der Waals surface area contributed by atoms with Crippen molar-refractivity contribution < 1.29 is 9.53 Å². The standard InChI is InChI=1S/C19H17BrClN3O2/c20-16-4-6-18(7-5-16)26-13-14-2-1-3-15(10-14)19(25)22-8-9-24-12-17(21)11-23-24/h1-7,10-12H,8-9,13H2,(H,22,25). The summed E-state index contributed by atoms with van der Waals surface area (Å²) in [6, 6.07) is 15.0. The van der Waals surface area contributed by atoms with Gasteiger partial charge in [0, 0.05) is 22.8 Å². The van der Waals surface area contributed by atoms with Crippen LogP contribution < -0.4 is 10.1 Å². The molecular formula is C19H17BrClN3O2. The first kappa shape index (κ1) is 18.5. The van der Waals surface area contributed by atoms with Crippen LogP contribution in [0.3, 0.4) is 0 Å². The lowest BCUT2D eigenvalue weighted by atomic mass is 10.1. The molecule has 0 aliphatic carbocycles. The van der Waals surface area contributed by atoms with Gasteiger partial charge < -0.3 is 10.1 Å². The molecule has 0 fully saturated rings. The second-order valence-electron chi connectivity index (χ2n) is 5.62. The Hall–Kier alpha value is -2.31. The van der Waals surface area contributed by atoms with Gasteiger partial charge in [-0.25, -0.2) is 0 Å². The second kappa shape index (κ2) is 8.87. The number of hydrogen-bond acceptors (Lipinski definition) is 3. The Morgan fingerprint density at radius 2 is 2.04 bits per heavy atom. The van der Waals surface area contributed by atoms with E-state index in [1.165, 1.54) is 0 Å². The maximum atomic E-state index is 12.3. The molecule has 1 heterocycles. The molecule has 0 unspecified atom stereocenters. The highest BCUT2D eigenvalue weighted by atomic mass is 79.9.